The third-order valence-corrected chi connectivity index (χ3v) is 5.11. The second-order valence-corrected chi connectivity index (χ2v) is 8.09. The first-order valence-electron chi connectivity index (χ1n) is 5.98. The fraction of sp³-hybridized carbons (Fsp3) is 0.0769. The number of aromatic nitrogens is 1. The molecule has 0 aliphatic heterocycles. The van der Waals surface area contributed by atoms with Crippen molar-refractivity contribution >= 4 is 25.8 Å². The molecule has 0 aliphatic rings. The van der Waals surface area contributed by atoms with Crippen LogP contribution in [0.5, 0.6) is 0 Å². The Labute approximate surface area is 128 Å². The number of nitrogens with zero attached hydrogens (tertiary/aromatic N) is 1. The Morgan fingerprint density at radius 2 is 1.68 bits per heavy atom. The number of pyridine rings is 1. The lowest BCUT2D eigenvalue weighted by molar-refractivity contribution is 0.0976. The number of amides is 1. The molecule has 2 aromatic rings. The number of sulfonamides is 1. The van der Waals surface area contributed by atoms with E-state index in [1.165, 1.54) is 30.5 Å². The second-order valence-electron chi connectivity index (χ2n) is 4.40. The smallest absolute Gasteiger partial charge is 0.266 e. The molecule has 0 bridgehead atoms. The van der Waals surface area contributed by atoms with Crippen molar-refractivity contribution in [2.75, 3.05) is 6.26 Å². The van der Waals surface area contributed by atoms with Crippen molar-refractivity contribution in [1.29, 1.82) is 0 Å². The molecule has 22 heavy (non-hydrogen) atoms. The maximum atomic E-state index is 12.1. The highest BCUT2D eigenvalue weighted by Crippen LogP contribution is 2.15. The largest absolute Gasteiger partial charge is 0.283 e. The van der Waals surface area contributed by atoms with Crippen molar-refractivity contribution in [3.63, 3.8) is 0 Å². The van der Waals surface area contributed by atoms with E-state index in [2.05, 4.69) is 4.98 Å². The summed E-state index contributed by atoms with van der Waals surface area (Å²) in [6.07, 6.45) is 2.32. The van der Waals surface area contributed by atoms with Crippen LogP contribution in [0.25, 0.3) is 0 Å². The van der Waals surface area contributed by atoms with Crippen LogP contribution in [0.2, 0.25) is 0 Å². The summed E-state index contributed by atoms with van der Waals surface area (Å²) < 4.78 is 49.1. The number of hydrogen-bond donors (Lipinski definition) is 1. The minimum absolute atomic E-state index is 0.0645. The van der Waals surface area contributed by atoms with Gasteiger partial charge in [0.1, 0.15) is 5.69 Å². The van der Waals surface area contributed by atoms with Crippen molar-refractivity contribution in [3.05, 3.63) is 54.4 Å². The van der Waals surface area contributed by atoms with Crippen LogP contribution in [0.15, 0.2) is 58.5 Å². The summed E-state index contributed by atoms with van der Waals surface area (Å²) >= 11 is 0. The lowest BCUT2D eigenvalue weighted by Gasteiger charge is -2.07. The topological polar surface area (TPSA) is 110 Å². The van der Waals surface area contributed by atoms with Gasteiger partial charge in [0.15, 0.2) is 9.84 Å². The molecule has 1 aromatic heterocycles. The number of nitrogens with one attached hydrogen (secondary N) is 1. The van der Waals surface area contributed by atoms with Gasteiger partial charge < -0.3 is 0 Å². The molecule has 0 atom stereocenters. The van der Waals surface area contributed by atoms with Gasteiger partial charge in [-0.3, -0.25) is 9.78 Å². The van der Waals surface area contributed by atoms with E-state index >= 15 is 0 Å². The van der Waals surface area contributed by atoms with Crippen LogP contribution in [-0.4, -0.2) is 34.0 Å². The van der Waals surface area contributed by atoms with Gasteiger partial charge in [0.05, 0.1) is 9.79 Å². The third kappa shape index (κ3) is 3.68. The van der Waals surface area contributed by atoms with Gasteiger partial charge in [-0.1, -0.05) is 12.1 Å². The first-order valence-corrected chi connectivity index (χ1v) is 9.36. The van der Waals surface area contributed by atoms with Crippen molar-refractivity contribution in [2.45, 2.75) is 9.79 Å². The minimum Gasteiger partial charge on any atom is -0.266 e. The molecule has 0 saturated heterocycles. The van der Waals surface area contributed by atoms with Gasteiger partial charge in [0.25, 0.3) is 15.9 Å². The van der Waals surface area contributed by atoms with E-state index in [4.69, 9.17) is 0 Å². The first-order chi connectivity index (χ1) is 10.2. The molecule has 116 valence electrons. The molecule has 0 fully saturated rings. The summed E-state index contributed by atoms with van der Waals surface area (Å²) in [4.78, 5) is 15.1. The predicted molar refractivity (Wildman–Crippen MR) is 78.4 cm³/mol. The highest BCUT2D eigenvalue weighted by atomic mass is 32.2. The van der Waals surface area contributed by atoms with Crippen LogP contribution in [-0.2, 0) is 19.9 Å². The van der Waals surface area contributed by atoms with Crippen molar-refractivity contribution in [3.8, 4) is 0 Å². The number of benzene rings is 1. The van der Waals surface area contributed by atoms with E-state index in [1.54, 1.807) is 12.1 Å². The fourth-order valence-corrected chi connectivity index (χ4v) is 3.35. The monoisotopic (exact) mass is 340 g/mol. The number of carbonyl (C=O) groups excluding carboxylic acids is 1. The molecule has 7 nitrogen and oxygen atoms in total. The Bertz CT molecular complexity index is 906. The van der Waals surface area contributed by atoms with Crippen LogP contribution < -0.4 is 4.72 Å². The van der Waals surface area contributed by atoms with E-state index in [9.17, 15) is 21.6 Å². The van der Waals surface area contributed by atoms with Gasteiger partial charge in [0, 0.05) is 12.5 Å². The molecule has 9 heteroatoms. The molecule has 0 saturated carbocycles. The Hall–Kier alpha value is -2.26. The molecule has 1 N–H and O–H groups in total. The summed E-state index contributed by atoms with van der Waals surface area (Å²) in [5.41, 5.74) is -0.0645. The summed E-state index contributed by atoms with van der Waals surface area (Å²) in [5, 5.41) is 0. The summed E-state index contributed by atoms with van der Waals surface area (Å²) in [6.45, 7) is 0. The summed E-state index contributed by atoms with van der Waals surface area (Å²) in [5.74, 6) is -0.898. The van der Waals surface area contributed by atoms with Gasteiger partial charge in [-0.2, -0.15) is 0 Å². The SMILES string of the molecule is CS(=O)(=O)c1cccc(S(=O)(=O)NC(=O)c2ccccn2)c1. The van der Waals surface area contributed by atoms with Crippen LogP contribution in [0, 0.1) is 0 Å². The molecule has 0 aliphatic carbocycles. The van der Waals surface area contributed by atoms with E-state index < -0.39 is 25.8 Å². The Morgan fingerprint density at radius 1 is 1.00 bits per heavy atom. The Morgan fingerprint density at radius 3 is 2.27 bits per heavy atom. The normalized spacial score (nSPS) is 11.9. The maximum Gasteiger partial charge on any atom is 0.283 e. The van der Waals surface area contributed by atoms with Gasteiger partial charge in [0.2, 0.25) is 0 Å². The Balaban J connectivity index is 2.34. The lowest BCUT2D eigenvalue weighted by atomic mass is 10.3. The summed E-state index contributed by atoms with van der Waals surface area (Å²) in [6, 6.07) is 9.23. The first kappa shape index (κ1) is 16.1. The van der Waals surface area contributed by atoms with Gasteiger partial charge >= 0.3 is 0 Å². The number of carbonyl (C=O) groups is 1. The highest BCUT2D eigenvalue weighted by Gasteiger charge is 2.21. The average molecular weight is 340 g/mol. The molecule has 0 radical (unpaired) electrons. The van der Waals surface area contributed by atoms with Crippen LogP contribution in [0.4, 0.5) is 0 Å². The van der Waals surface area contributed by atoms with Crippen molar-refractivity contribution in [1.82, 2.24) is 9.71 Å². The minimum atomic E-state index is -4.19. The zero-order valence-corrected chi connectivity index (χ0v) is 13.1. The molecular formula is C13H12N2O5S2. The number of rotatable bonds is 4. The molecule has 0 spiro atoms. The second kappa shape index (κ2) is 5.85. The fourth-order valence-electron chi connectivity index (χ4n) is 1.60. The molecule has 1 heterocycles. The Kier molecular flexibility index (Phi) is 4.29. The maximum absolute atomic E-state index is 12.1. The van der Waals surface area contributed by atoms with Crippen LogP contribution in [0.3, 0.4) is 0 Å². The van der Waals surface area contributed by atoms with E-state index in [1.807, 2.05) is 4.72 Å². The highest BCUT2D eigenvalue weighted by molar-refractivity contribution is 7.91. The standard InChI is InChI=1S/C13H12N2O5S2/c1-21(17,18)10-5-4-6-11(9-10)22(19,20)15-13(16)12-7-2-3-8-14-12/h2-9H,1H3,(H,15,16). The van der Waals surface area contributed by atoms with Gasteiger partial charge in [-0.25, -0.2) is 21.6 Å². The molecule has 1 amide bonds. The molecule has 1 aromatic carbocycles. The number of sulfone groups is 1. The van der Waals surface area contributed by atoms with E-state index in [0.717, 1.165) is 12.3 Å². The van der Waals surface area contributed by atoms with Gasteiger partial charge in [-0.05, 0) is 30.3 Å². The zero-order chi connectivity index (χ0) is 16.4. The van der Waals surface area contributed by atoms with E-state index in [-0.39, 0.29) is 15.5 Å². The lowest BCUT2D eigenvalue weighted by Crippen LogP contribution is -2.31. The quantitative estimate of drug-likeness (QED) is 0.873. The van der Waals surface area contributed by atoms with Gasteiger partial charge in [-0.15, -0.1) is 0 Å². The predicted octanol–water partition coefficient (Wildman–Crippen LogP) is 0.604. The molecular weight excluding hydrogens is 328 g/mol. The van der Waals surface area contributed by atoms with Crippen molar-refractivity contribution in [2.24, 2.45) is 0 Å². The van der Waals surface area contributed by atoms with Crippen molar-refractivity contribution < 1.29 is 21.6 Å². The third-order valence-electron chi connectivity index (χ3n) is 2.67. The molecule has 2 rings (SSSR count). The van der Waals surface area contributed by atoms with E-state index in [0.29, 0.717) is 0 Å². The average Bonchev–Trinajstić information content (AvgIpc) is 2.47. The summed E-state index contributed by atoms with van der Waals surface area (Å²) in [7, 11) is -7.75. The molecule has 0 unspecified atom stereocenters. The van der Waals surface area contributed by atoms with Crippen LogP contribution >= 0.6 is 0 Å². The zero-order valence-electron chi connectivity index (χ0n) is 11.4. The van der Waals surface area contributed by atoms with Crippen LogP contribution in [0.1, 0.15) is 10.5 Å². The number of hydrogen-bond acceptors (Lipinski definition) is 6.